The predicted molar refractivity (Wildman–Crippen MR) is 57.6 cm³/mol. The lowest BCUT2D eigenvalue weighted by molar-refractivity contribution is -0.140. The zero-order chi connectivity index (χ0) is 10.8. The Labute approximate surface area is 91.2 Å². The van der Waals surface area contributed by atoms with Crippen LogP contribution in [-0.4, -0.2) is 61.1 Å². The van der Waals surface area contributed by atoms with Gasteiger partial charge in [-0.3, -0.25) is 9.69 Å². The monoisotopic (exact) mass is 212 g/mol. The molecule has 2 aliphatic rings. The van der Waals surface area contributed by atoms with Gasteiger partial charge in [0.1, 0.15) is 0 Å². The predicted octanol–water partition coefficient (Wildman–Crippen LogP) is 0.185. The van der Waals surface area contributed by atoms with Crippen molar-refractivity contribution in [2.24, 2.45) is 5.92 Å². The van der Waals surface area contributed by atoms with Gasteiger partial charge in [0.2, 0.25) is 5.91 Å². The van der Waals surface area contributed by atoms with Crippen LogP contribution < -0.4 is 0 Å². The third-order valence-corrected chi connectivity index (χ3v) is 3.24. The third-order valence-electron chi connectivity index (χ3n) is 3.24. The second kappa shape index (κ2) is 4.49. The zero-order valence-electron chi connectivity index (χ0n) is 9.61. The first kappa shape index (κ1) is 10.9. The minimum absolute atomic E-state index is 0.112. The summed E-state index contributed by atoms with van der Waals surface area (Å²) in [7, 11) is 0. The van der Waals surface area contributed by atoms with Crippen molar-refractivity contribution in [2.45, 2.75) is 19.9 Å². The van der Waals surface area contributed by atoms with Crippen LogP contribution >= 0.6 is 0 Å². The van der Waals surface area contributed by atoms with Gasteiger partial charge in [0.25, 0.3) is 0 Å². The number of ether oxygens (including phenoxy) is 1. The fraction of sp³-hybridized carbons (Fsp3) is 0.909. The quantitative estimate of drug-likeness (QED) is 0.622. The van der Waals surface area contributed by atoms with Crippen molar-refractivity contribution >= 4 is 5.91 Å². The number of carbonyl (C=O) groups excluding carboxylic acids is 1. The van der Waals surface area contributed by atoms with Crippen LogP contribution in [-0.2, 0) is 9.53 Å². The van der Waals surface area contributed by atoms with Crippen molar-refractivity contribution < 1.29 is 9.53 Å². The molecule has 86 valence electrons. The van der Waals surface area contributed by atoms with Crippen LogP contribution in [0.25, 0.3) is 0 Å². The van der Waals surface area contributed by atoms with Crippen molar-refractivity contribution in [3.05, 3.63) is 0 Å². The Morgan fingerprint density at radius 2 is 2.13 bits per heavy atom. The summed E-state index contributed by atoms with van der Waals surface area (Å²) in [6, 6.07) is 0.426. The van der Waals surface area contributed by atoms with Gasteiger partial charge >= 0.3 is 0 Å². The molecule has 2 saturated heterocycles. The highest BCUT2D eigenvalue weighted by molar-refractivity contribution is 5.78. The average molecular weight is 212 g/mol. The fourth-order valence-electron chi connectivity index (χ4n) is 2.31. The maximum absolute atomic E-state index is 11.8. The smallest absolute Gasteiger partial charge is 0.225 e. The highest BCUT2D eigenvalue weighted by Gasteiger charge is 2.31. The maximum atomic E-state index is 11.8. The number of rotatable bonds is 1. The molecule has 0 aliphatic carbocycles. The van der Waals surface area contributed by atoms with Gasteiger partial charge in [0, 0.05) is 32.1 Å². The van der Waals surface area contributed by atoms with Crippen LogP contribution in [0.5, 0.6) is 0 Å². The van der Waals surface area contributed by atoms with E-state index < -0.39 is 0 Å². The van der Waals surface area contributed by atoms with Gasteiger partial charge in [0.15, 0.2) is 0 Å². The van der Waals surface area contributed by atoms with Crippen molar-refractivity contribution in [3.8, 4) is 0 Å². The number of hydrogen-bond acceptors (Lipinski definition) is 3. The number of piperazine rings is 1. The van der Waals surface area contributed by atoms with E-state index in [1.165, 1.54) is 0 Å². The number of fused-ring (bicyclic) bond motifs is 1. The Morgan fingerprint density at radius 1 is 1.33 bits per heavy atom. The van der Waals surface area contributed by atoms with E-state index in [1.54, 1.807) is 0 Å². The van der Waals surface area contributed by atoms with E-state index in [4.69, 9.17) is 4.74 Å². The van der Waals surface area contributed by atoms with E-state index in [9.17, 15) is 4.79 Å². The number of nitrogens with zero attached hydrogens (tertiary/aromatic N) is 2. The van der Waals surface area contributed by atoms with E-state index in [2.05, 4.69) is 4.90 Å². The van der Waals surface area contributed by atoms with E-state index in [0.717, 1.165) is 39.4 Å². The number of morpholine rings is 1. The fourth-order valence-corrected chi connectivity index (χ4v) is 2.31. The first-order chi connectivity index (χ1) is 7.18. The summed E-state index contributed by atoms with van der Waals surface area (Å²) < 4.78 is 5.45. The lowest BCUT2D eigenvalue weighted by Crippen LogP contribution is -2.59. The van der Waals surface area contributed by atoms with Gasteiger partial charge in [-0.05, 0) is 0 Å². The third kappa shape index (κ3) is 2.32. The molecule has 0 aromatic rings. The maximum Gasteiger partial charge on any atom is 0.225 e. The van der Waals surface area contributed by atoms with Crippen LogP contribution in [0.2, 0.25) is 0 Å². The standard InChI is InChI=1S/C11H20N2O2/c1-9(2)11(14)13-4-3-12-5-6-15-8-10(12)7-13/h9-10H,3-8H2,1-2H3. The summed E-state index contributed by atoms with van der Waals surface area (Å²) in [5, 5.41) is 0. The topological polar surface area (TPSA) is 32.8 Å². The van der Waals surface area contributed by atoms with Gasteiger partial charge in [0.05, 0.1) is 19.3 Å². The molecule has 0 spiro atoms. The Hall–Kier alpha value is -0.610. The summed E-state index contributed by atoms with van der Waals surface area (Å²) in [6.07, 6.45) is 0. The van der Waals surface area contributed by atoms with Crippen LogP contribution in [0.3, 0.4) is 0 Å². The van der Waals surface area contributed by atoms with Gasteiger partial charge in [-0.25, -0.2) is 0 Å². The van der Waals surface area contributed by atoms with Crippen LogP contribution in [0.15, 0.2) is 0 Å². The molecule has 0 N–H and O–H groups in total. The zero-order valence-corrected chi connectivity index (χ0v) is 9.61. The van der Waals surface area contributed by atoms with Gasteiger partial charge < -0.3 is 9.64 Å². The summed E-state index contributed by atoms with van der Waals surface area (Å²) in [4.78, 5) is 16.3. The van der Waals surface area contributed by atoms with Crippen LogP contribution in [0, 0.1) is 5.92 Å². The summed E-state index contributed by atoms with van der Waals surface area (Å²) in [6.45, 7) is 9.31. The average Bonchev–Trinajstić information content (AvgIpc) is 2.27. The molecule has 4 heteroatoms. The molecule has 2 heterocycles. The Bertz CT molecular complexity index is 243. The second-order valence-electron chi connectivity index (χ2n) is 4.70. The van der Waals surface area contributed by atoms with E-state index >= 15 is 0 Å². The van der Waals surface area contributed by atoms with Crippen LogP contribution in [0.4, 0.5) is 0 Å². The number of amides is 1. The largest absolute Gasteiger partial charge is 0.378 e. The minimum atomic E-state index is 0.112. The molecule has 2 rings (SSSR count). The van der Waals surface area contributed by atoms with E-state index in [-0.39, 0.29) is 11.8 Å². The molecule has 0 radical (unpaired) electrons. The Morgan fingerprint density at radius 3 is 2.87 bits per heavy atom. The van der Waals surface area contributed by atoms with Gasteiger partial charge in [-0.2, -0.15) is 0 Å². The molecule has 1 atom stereocenters. The van der Waals surface area contributed by atoms with Crippen molar-refractivity contribution in [1.29, 1.82) is 0 Å². The molecule has 2 aliphatic heterocycles. The minimum Gasteiger partial charge on any atom is -0.378 e. The normalized spacial score (nSPS) is 27.9. The molecule has 15 heavy (non-hydrogen) atoms. The molecule has 0 saturated carbocycles. The lowest BCUT2D eigenvalue weighted by atomic mass is 10.1. The molecular weight excluding hydrogens is 192 g/mol. The number of hydrogen-bond donors (Lipinski definition) is 0. The molecular formula is C11H20N2O2. The van der Waals surface area contributed by atoms with Crippen LogP contribution in [0.1, 0.15) is 13.8 Å². The first-order valence-corrected chi connectivity index (χ1v) is 5.79. The molecule has 0 aromatic heterocycles. The molecule has 2 fully saturated rings. The SMILES string of the molecule is CC(C)C(=O)N1CCN2CCOCC2C1. The summed E-state index contributed by atoms with van der Waals surface area (Å²) in [5.74, 6) is 0.390. The summed E-state index contributed by atoms with van der Waals surface area (Å²) >= 11 is 0. The summed E-state index contributed by atoms with van der Waals surface area (Å²) in [5.41, 5.74) is 0. The first-order valence-electron chi connectivity index (χ1n) is 5.79. The number of carbonyl (C=O) groups is 1. The molecule has 4 nitrogen and oxygen atoms in total. The Balaban J connectivity index is 1.93. The molecule has 0 bridgehead atoms. The Kier molecular flexibility index (Phi) is 3.26. The van der Waals surface area contributed by atoms with Crippen molar-refractivity contribution in [2.75, 3.05) is 39.4 Å². The van der Waals surface area contributed by atoms with Crippen molar-refractivity contribution in [1.82, 2.24) is 9.80 Å². The highest BCUT2D eigenvalue weighted by Crippen LogP contribution is 2.15. The van der Waals surface area contributed by atoms with Gasteiger partial charge in [-0.15, -0.1) is 0 Å². The lowest BCUT2D eigenvalue weighted by Gasteiger charge is -2.44. The van der Waals surface area contributed by atoms with Gasteiger partial charge in [-0.1, -0.05) is 13.8 Å². The molecule has 0 aromatic carbocycles. The van der Waals surface area contributed by atoms with Crippen molar-refractivity contribution in [3.63, 3.8) is 0 Å². The van der Waals surface area contributed by atoms with E-state index in [1.807, 2.05) is 18.7 Å². The molecule has 1 unspecified atom stereocenters. The second-order valence-corrected chi connectivity index (χ2v) is 4.70. The molecule has 1 amide bonds. The highest BCUT2D eigenvalue weighted by atomic mass is 16.5. The van der Waals surface area contributed by atoms with E-state index in [0.29, 0.717) is 6.04 Å².